The number of carbonyl (C=O) groups is 4. The average Bonchev–Trinajstić information content (AvgIpc) is 2.87. The molecule has 2 fully saturated rings. The molecule has 0 bridgehead atoms. The maximum atomic E-state index is 13.2. The molecule has 3 aliphatic rings. The number of rotatable bonds is 2. The molecule has 1 aromatic carbocycles. The molecule has 2 N–H and O–H groups in total. The molecule has 4 rings (SSSR count). The Kier molecular flexibility index (Phi) is 5.02. The highest BCUT2D eigenvalue weighted by Crippen LogP contribution is 2.34. The van der Waals surface area contributed by atoms with Crippen molar-refractivity contribution in [3.05, 3.63) is 24.3 Å². The molecule has 5 amide bonds. The van der Waals surface area contributed by atoms with E-state index in [1.54, 1.807) is 31.2 Å². The molecule has 1 saturated heterocycles. The molecule has 1 aliphatic carbocycles. The van der Waals surface area contributed by atoms with Crippen LogP contribution < -0.4 is 15.5 Å². The van der Waals surface area contributed by atoms with E-state index in [2.05, 4.69) is 10.6 Å². The fourth-order valence-electron chi connectivity index (χ4n) is 4.67. The predicted octanol–water partition coefficient (Wildman–Crippen LogP) is 2.40. The quantitative estimate of drug-likeness (QED) is 0.748. The van der Waals surface area contributed by atoms with Crippen LogP contribution in [0.25, 0.3) is 0 Å². The van der Waals surface area contributed by atoms with Gasteiger partial charge in [0.05, 0.1) is 11.4 Å². The second-order valence-corrected chi connectivity index (χ2v) is 8.20. The largest absolute Gasteiger partial charge is 0.325 e. The van der Waals surface area contributed by atoms with E-state index in [0.717, 1.165) is 30.6 Å². The number of para-hydroxylation sites is 2. The van der Waals surface area contributed by atoms with Gasteiger partial charge in [0.15, 0.2) is 0 Å². The third kappa shape index (κ3) is 3.47. The Bertz CT molecular complexity index is 860. The molecule has 1 aromatic rings. The molecule has 1 unspecified atom stereocenters. The molecule has 8 nitrogen and oxygen atoms in total. The summed E-state index contributed by atoms with van der Waals surface area (Å²) in [5.74, 6) is -0.856. The van der Waals surface area contributed by atoms with E-state index in [9.17, 15) is 19.2 Å². The molecular weight excluding hydrogens is 372 g/mol. The number of hydrogen-bond donors (Lipinski definition) is 2. The lowest BCUT2D eigenvalue weighted by Crippen LogP contribution is -2.49. The molecule has 2 heterocycles. The second-order valence-electron chi connectivity index (χ2n) is 8.20. The summed E-state index contributed by atoms with van der Waals surface area (Å²) < 4.78 is 0. The lowest BCUT2D eigenvalue weighted by Gasteiger charge is -2.29. The van der Waals surface area contributed by atoms with E-state index in [1.807, 2.05) is 0 Å². The molecule has 154 valence electrons. The van der Waals surface area contributed by atoms with Crippen LogP contribution in [0, 0.1) is 0 Å². The first kappa shape index (κ1) is 19.4. The number of carbonyl (C=O) groups excluding carboxylic acids is 4. The molecule has 2 aliphatic heterocycles. The van der Waals surface area contributed by atoms with Gasteiger partial charge in [-0.3, -0.25) is 19.3 Å². The van der Waals surface area contributed by atoms with E-state index >= 15 is 0 Å². The Morgan fingerprint density at radius 1 is 1.10 bits per heavy atom. The van der Waals surface area contributed by atoms with Crippen LogP contribution in [0.4, 0.5) is 16.2 Å². The minimum absolute atomic E-state index is 0.143. The van der Waals surface area contributed by atoms with Crippen LogP contribution >= 0.6 is 0 Å². The SMILES string of the molecule is CC1CC(=O)Nc2ccccc2N1C(=O)CN1C(=O)NC2(CCCCCC2)C1=O. The maximum Gasteiger partial charge on any atom is 0.325 e. The van der Waals surface area contributed by atoms with Crippen LogP contribution in [0.5, 0.6) is 0 Å². The third-order valence-electron chi connectivity index (χ3n) is 6.12. The summed E-state index contributed by atoms with van der Waals surface area (Å²) in [5.41, 5.74) is 0.257. The van der Waals surface area contributed by atoms with Crippen molar-refractivity contribution in [1.82, 2.24) is 10.2 Å². The number of nitrogens with zero attached hydrogens (tertiary/aromatic N) is 2. The van der Waals surface area contributed by atoms with E-state index in [4.69, 9.17) is 0 Å². The van der Waals surface area contributed by atoms with E-state index in [-0.39, 0.29) is 30.7 Å². The summed E-state index contributed by atoms with van der Waals surface area (Å²) >= 11 is 0. The highest BCUT2D eigenvalue weighted by Gasteiger charge is 2.51. The highest BCUT2D eigenvalue weighted by atomic mass is 16.2. The molecule has 0 aromatic heterocycles. The molecule has 1 spiro atoms. The Balaban J connectivity index is 1.58. The van der Waals surface area contributed by atoms with Crippen molar-refractivity contribution in [2.45, 2.75) is 63.5 Å². The lowest BCUT2D eigenvalue weighted by molar-refractivity contribution is -0.134. The standard InChI is InChI=1S/C21H26N4O4/c1-14-12-17(26)22-15-8-4-5-9-16(15)25(14)18(27)13-24-19(28)21(23-20(24)29)10-6-2-3-7-11-21/h4-5,8-9,14H,2-3,6-7,10-13H2,1H3,(H,22,26)(H,23,29). The first-order chi connectivity index (χ1) is 13.9. The number of fused-ring (bicyclic) bond motifs is 1. The fourth-order valence-corrected chi connectivity index (χ4v) is 4.67. The van der Waals surface area contributed by atoms with Gasteiger partial charge in [-0.15, -0.1) is 0 Å². The summed E-state index contributed by atoms with van der Waals surface area (Å²) in [5, 5.41) is 5.68. The number of imide groups is 1. The minimum Gasteiger partial charge on any atom is -0.324 e. The van der Waals surface area contributed by atoms with Crippen LogP contribution in [0.3, 0.4) is 0 Å². The van der Waals surface area contributed by atoms with Gasteiger partial charge in [0, 0.05) is 12.5 Å². The fraction of sp³-hybridized carbons (Fsp3) is 0.524. The van der Waals surface area contributed by atoms with Gasteiger partial charge in [-0.1, -0.05) is 37.8 Å². The van der Waals surface area contributed by atoms with Gasteiger partial charge in [-0.2, -0.15) is 0 Å². The van der Waals surface area contributed by atoms with Gasteiger partial charge >= 0.3 is 6.03 Å². The summed E-state index contributed by atoms with van der Waals surface area (Å²) in [4.78, 5) is 53.6. The van der Waals surface area contributed by atoms with Crippen molar-refractivity contribution >= 4 is 35.1 Å². The number of amides is 5. The number of urea groups is 1. The average molecular weight is 398 g/mol. The predicted molar refractivity (Wildman–Crippen MR) is 107 cm³/mol. The topological polar surface area (TPSA) is 98.8 Å². The van der Waals surface area contributed by atoms with Crippen LogP contribution in [0.2, 0.25) is 0 Å². The number of nitrogens with one attached hydrogen (secondary N) is 2. The zero-order valence-electron chi connectivity index (χ0n) is 16.6. The van der Waals surface area contributed by atoms with Gasteiger partial charge in [0.2, 0.25) is 11.8 Å². The van der Waals surface area contributed by atoms with Crippen molar-refractivity contribution in [1.29, 1.82) is 0 Å². The van der Waals surface area contributed by atoms with Gasteiger partial charge < -0.3 is 15.5 Å². The Labute approximate surface area is 169 Å². The Morgan fingerprint density at radius 2 is 1.79 bits per heavy atom. The van der Waals surface area contributed by atoms with Crippen molar-refractivity contribution in [2.75, 3.05) is 16.8 Å². The Morgan fingerprint density at radius 3 is 2.52 bits per heavy atom. The molecule has 1 saturated carbocycles. The smallest absolute Gasteiger partial charge is 0.324 e. The first-order valence-electron chi connectivity index (χ1n) is 10.3. The molecule has 0 radical (unpaired) electrons. The third-order valence-corrected chi connectivity index (χ3v) is 6.12. The zero-order chi connectivity index (χ0) is 20.6. The number of hydrogen-bond acceptors (Lipinski definition) is 4. The molecular formula is C21H26N4O4. The Hall–Kier alpha value is -2.90. The minimum atomic E-state index is -0.867. The summed E-state index contributed by atoms with van der Waals surface area (Å²) in [7, 11) is 0. The van der Waals surface area contributed by atoms with Crippen molar-refractivity contribution in [2.24, 2.45) is 0 Å². The van der Waals surface area contributed by atoms with Gasteiger partial charge in [0.1, 0.15) is 12.1 Å². The van der Waals surface area contributed by atoms with Crippen LogP contribution in [-0.2, 0) is 14.4 Å². The second kappa shape index (κ2) is 7.50. The van der Waals surface area contributed by atoms with Gasteiger partial charge in [-0.05, 0) is 31.9 Å². The van der Waals surface area contributed by atoms with Gasteiger partial charge in [0.25, 0.3) is 5.91 Å². The van der Waals surface area contributed by atoms with Gasteiger partial charge in [-0.25, -0.2) is 4.79 Å². The molecule has 1 atom stereocenters. The number of benzene rings is 1. The lowest BCUT2D eigenvalue weighted by atomic mass is 9.90. The van der Waals surface area contributed by atoms with Crippen molar-refractivity contribution in [3.63, 3.8) is 0 Å². The van der Waals surface area contributed by atoms with E-state index < -0.39 is 17.6 Å². The highest BCUT2D eigenvalue weighted by molar-refractivity contribution is 6.11. The van der Waals surface area contributed by atoms with Crippen molar-refractivity contribution in [3.8, 4) is 0 Å². The van der Waals surface area contributed by atoms with E-state index in [1.165, 1.54) is 4.90 Å². The van der Waals surface area contributed by atoms with Crippen LogP contribution in [0.1, 0.15) is 51.9 Å². The zero-order valence-corrected chi connectivity index (χ0v) is 16.6. The molecule has 29 heavy (non-hydrogen) atoms. The summed E-state index contributed by atoms with van der Waals surface area (Å²) in [6.45, 7) is 1.46. The van der Waals surface area contributed by atoms with Crippen LogP contribution in [0.15, 0.2) is 24.3 Å². The van der Waals surface area contributed by atoms with E-state index in [0.29, 0.717) is 24.2 Å². The van der Waals surface area contributed by atoms with Crippen LogP contribution in [-0.4, -0.2) is 46.8 Å². The molecule has 8 heteroatoms. The monoisotopic (exact) mass is 398 g/mol. The normalized spacial score (nSPS) is 23.9. The maximum absolute atomic E-state index is 13.2. The summed E-state index contributed by atoms with van der Waals surface area (Å²) in [6, 6.07) is 6.17. The number of anilines is 2. The first-order valence-corrected chi connectivity index (χ1v) is 10.3. The summed E-state index contributed by atoms with van der Waals surface area (Å²) in [6.07, 6.45) is 5.24. The van der Waals surface area contributed by atoms with Crippen molar-refractivity contribution < 1.29 is 19.2 Å².